The van der Waals surface area contributed by atoms with Gasteiger partial charge < -0.3 is 10.1 Å². The van der Waals surface area contributed by atoms with Crippen LogP contribution in [0.4, 0.5) is 11.4 Å². The van der Waals surface area contributed by atoms with Gasteiger partial charge in [-0.1, -0.05) is 0 Å². The van der Waals surface area contributed by atoms with Crippen molar-refractivity contribution in [2.75, 3.05) is 29.7 Å². The van der Waals surface area contributed by atoms with Gasteiger partial charge in [-0.15, -0.1) is 0 Å². The third-order valence-electron chi connectivity index (χ3n) is 2.33. The van der Waals surface area contributed by atoms with Gasteiger partial charge in [0.1, 0.15) is 5.75 Å². The van der Waals surface area contributed by atoms with Gasteiger partial charge >= 0.3 is 0 Å². The Morgan fingerprint density at radius 2 is 2.40 bits per heavy atom. The van der Waals surface area contributed by atoms with Gasteiger partial charge in [0.25, 0.3) is 5.91 Å². The third kappa shape index (κ3) is 1.74. The predicted octanol–water partition coefficient (Wildman–Crippen LogP) is 1.34. The van der Waals surface area contributed by atoms with Crippen molar-refractivity contribution in [3.05, 3.63) is 18.2 Å². The minimum Gasteiger partial charge on any atom is -0.482 e. The number of benzene rings is 1. The van der Waals surface area contributed by atoms with E-state index >= 15 is 0 Å². The fourth-order valence-electron chi connectivity index (χ4n) is 1.51. The highest BCUT2D eigenvalue weighted by molar-refractivity contribution is 7.80. The first-order valence-corrected chi connectivity index (χ1v) is 5.25. The lowest BCUT2D eigenvalue weighted by Gasteiger charge is -2.28. The Labute approximate surface area is 93.6 Å². The highest BCUT2D eigenvalue weighted by atomic mass is 32.1. The van der Waals surface area contributed by atoms with Gasteiger partial charge in [0.2, 0.25) is 0 Å². The maximum atomic E-state index is 11.5. The summed E-state index contributed by atoms with van der Waals surface area (Å²) in [7, 11) is 1.83. The zero-order chi connectivity index (χ0) is 10.8. The molecule has 5 heteroatoms. The number of thiol groups is 1. The van der Waals surface area contributed by atoms with Crippen molar-refractivity contribution in [3.8, 4) is 5.75 Å². The van der Waals surface area contributed by atoms with Crippen LogP contribution in [-0.2, 0) is 4.79 Å². The Kier molecular flexibility index (Phi) is 2.73. The number of rotatable bonds is 2. The van der Waals surface area contributed by atoms with Gasteiger partial charge in [-0.25, -0.2) is 0 Å². The molecule has 1 N–H and O–H groups in total. The van der Waals surface area contributed by atoms with Crippen LogP contribution in [0.1, 0.15) is 0 Å². The molecule has 15 heavy (non-hydrogen) atoms. The molecule has 0 fully saturated rings. The first-order chi connectivity index (χ1) is 7.26. The second kappa shape index (κ2) is 4.02. The Bertz CT molecular complexity index is 395. The van der Waals surface area contributed by atoms with Gasteiger partial charge in [0, 0.05) is 12.7 Å². The van der Waals surface area contributed by atoms with Crippen molar-refractivity contribution < 1.29 is 9.53 Å². The Morgan fingerprint density at radius 1 is 1.60 bits per heavy atom. The lowest BCUT2D eigenvalue weighted by molar-refractivity contribution is -0.121. The Hall–Kier alpha value is -1.36. The number of carbonyl (C=O) groups excluding carboxylic acids is 1. The van der Waals surface area contributed by atoms with Gasteiger partial charge in [-0.3, -0.25) is 9.69 Å². The largest absolute Gasteiger partial charge is 0.482 e. The molecule has 1 heterocycles. The summed E-state index contributed by atoms with van der Waals surface area (Å²) < 4.78 is 5.31. The lowest BCUT2D eigenvalue weighted by Crippen LogP contribution is -2.37. The number of carbonyl (C=O) groups is 1. The average Bonchev–Trinajstić information content (AvgIpc) is 2.28. The molecule has 0 spiro atoms. The van der Waals surface area contributed by atoms with Crippen molar-refractivity contribution >= 4 is 29.9 Å². The smallest absolute Gasteiger partial charge is 0.265 e. The molecular formula is C10H12N2O2S. The van der Waals surface area contributed by atoms with Crippen LogP contribution in [0.5, 0.6) is 5.75 Å². The van der Waals surface area contributed by atoms with Gasteiger partial charge in [-0.05, 0) is 18.2 Å². The first kappa shape index (κ1) is 10.2. The van der Waals surface area contributed by atoms with Crippen LogP contribution in [0.2, 0.25) is 0 Å². The van der Waals surface area contributed by atoms with Crippen LogP contribution < -0.4 is 15.0 Å². The topological polar surface area (TPSA) is 41.6 Å². The van der Waals surface area contributed by atoms with Gasteiger partial charge in [0.15, 0.2) is 6.61 Å². The van der Waals surface area contributed by atoms with E-state index in [0.29, 0.717) is 5.88 Å². The van der Waals surface area contributed by atoms with Crippen molar-refractivity contribution in [2.24, 2.45) is 0 Å². The summed E-state index contributed by atoms with van der Waals surface area (Å²) in [5, 5.41) is 3.02. The Balaban J connectivity index is 2.45. The van der Waals surface area contributed by atoms with Crippen molar-refractivity contribution in [1.29, 1.82) is 0 Å². The van der Waals surface area contributed by atoms with Crippen LogP contribution in [0.25, 0.3) is 0 Å². The monoisotopic (exact) mass is 224 g/mol. The number of fused-ring (bicyclic) bond motifs is 1. The molecule has 0 saturated carbocycles. The zero-order valence-electron chi connectivity index (χ0n) is 8.36. The summed E-state index contributed by atoms with van der Waals surface area (Å²) in [6.07, 6.45) is 0. The minimum atomic E-state index is -0.0641. The molecule has 1 aliphatic rings. The number of nitrogens with one attached hydrogen (secondary N) is 1. The standard InChI is InChI=1S/C10H12N2O2S/c1-11-7-2-3-9-8(4-7)12(6-15)10(13)5-14-9/h2-4,11,15H,5-6H2,1H3. The third-order valence-corrected chi connectivity index (χ3v) is 2.61. The number of nitrogens with zero attached hydrogens (tertiary/aromatic N) is 1. The maximum Gasteiger partial charge on any atom is 0.265 e. The molecule has 0 atom stereocenters. The first-order valence-electron chi connectivity index (χ1n) is 4.62. The molecule has 1 aromatic rings. The summed E-state index contributed by atoms with van der Waals surface area (Å²) in [4.78, 5) is 13.1. The molecule has 0 aromatic heterocycles. The lowest BCUT2D eigenvalue weighted by atomic mass is 10.2. The molecule has 0 aliphatic carbocycles. The summed E-state index contributed by atoms with van der Waals surface area (Å²) >= 11 is 4.14. The van der Waals surface area contributed by atoms with E-state index in [1.807, 2.05) is 25.2 Å². The fourth-order valence-corrected chi connectivity index (χ4v) is 1.82. The molecule has 0 unspecified atom stereocenters. The van der Waals surface area contributed by atoms with Gasteiger partial charge in [0.05, 0.1) is 11.6 Å². The number of amides is 1. The van der Waals surface area contributed by atoms with E-state index in [9.17, 15) is 4.79 Å². The summed E-state index contributed by atoms with van der Waals surface area (Å²) in [6.45, 7) is 0.0897. The second-order valence-corrected chi connectivity index (χ2v) is 3.47. The van der Waals surface area contributed by atoms with E-state index in [1.54, 1.807) is 4.90 Å². The number of anilines is 2. The number of hydrogen-bond donors (Lipinski definition) is 2. The summed E-state index contributed by atoms with van der Waals surface area (Å²) in [6, 6.07) is 5.64. The van der Waals surface area contributed by atoms with E-state index in [4.69, 9.17) is 4.74 Å². The van der Waals surface area contributed by atoms with E-state index in [1.165, 1.54) is 0 Å². The summed E-state index contributed by atoms with van der Waals surface area (Å²) in [5.41, 5.74) is 1.71. The molecule has 2 rings (SSSR count). The van der Waals surface area contributed by atoms with Crippen molar-refractivity contribution in [1.82, 2.24) is 0 Å². The van der Waals surface area contributed by atoms with E-state index < -0.39 is 0 Å². The predicted molar refractivity (Wildman–Crippen MR) is 62.8 cm³/mol. The highest BCUT2D eigenvalue weighted by Crippen LogP contribution is 2.34. The second-order valence-electron chi connectivity index (χ2n) is 3.18. The molecule has 0 radical (unpaired) electrons. The quantitative estimate of drug-likeness (QED) is 0.745. The fraction of sp³-hybridized carbons (Fsp3) is 0.300. The van der Waals surface area contributed by atoms with Crippen LogP contribution in [0.15, 0.2) is 18.2 Å². The molecular weight excluding hydrogens is 212 g/mol. The summed E-state index contributed by atoms with van der Waals surface area (Å²) in [5.74, 6) is 1.02. The molecule has 4 nitrogen and oxygen atoms in total. The maximum absolute atomic E-state index is 11.5. The van der Waals surface area contributed by atoms with E-state index in [2.05, 4.69) is 17.9 Å². The molecule has 1 aliphatic heterocycles. The highest BCUT2D eigenvalue weighted by Gasteiger charge is 2.24. The van der Waals surface area contributed by atoms with Crippen LogP contribution in [0, 0.1) is 0 Å². The van der Waals surface area contributed by atoms with Crippen LogP contribution in [-0.4, -0.2) is 25.4 Å². The van der Waals surface area contributed by atoms with Crippen LogP contribution in [0.3, 0.4) is 0 Å². The number of ether oxygens (including phenoxy) is 1. The van der Waals surface area contributed by atoms with Gasteiger partial charge in [-0.2, -0.15) is 12.6 Å². The van der Waals surface area contributed by atoms with E-state index in [0.717, 1.165) is 17.1 Å². The van der Waals surface area contributed by atoms with Crippen molar-refractivity contribution in [2.45, 2.75) is 0 Å². The Morgan fingerprint density at radius 3 is 3.07 bits per heavy atom. The molecule has 80 valence electrons. The SMILES string of the molecule is CNc1ccc2c(c1)N(CS)C(=O)CO2. The molecule has 0 saturated heterocycles. The normalized spacial score (nSPS) is 14.5. The average molecular weight is 224 g/mol. The molecule has 0 bridgehead atoms. The molecule has 1 aromatic carbocycles. The van der Waals surface area contributed by atoms with E-state index in [-0.39, 0.29) is 12.5 Å². The number of hydrogen-bond acceptors (Lipinski definition) is 4. The van der Waals surface area contributed by atoms with Crippen LogP contribution >= 0.6 is 12.6 Å². The zero-order valence-corrected chi connectivity index (χ0v) is 9.25. The molecule has 1 amide bonds. The van der Waals surface area contributed by atoms with Crippen molar-refractivity contribution in [3.63, 3.8) is 0 Å². The minimum absolute atomic E-state index is 0.0641.